The average Bonchev–Trinajstić information content (AvgIpc) is 2.98. The van der Waals surface area contributed by atoms with Gasteiger partial charge in [0.2, 0.25) is 0 Å². The second-order valence-corrected chi connectivity index (χ2v) is 6.64. The highest BCUT2D eigenvalue weighted by Crippen LogP contribution is 2.22. The number of carbonyl (C=O) groups excluding carboxylic acids is 1. The highest BCUT2D eigenvalue weighted by Gasteiger charge is 2.14. The number of anilines is 2. The van der Waals surface area contributed by atoms with Gasteiger partial charge in [0.15, 0.2) is 5.65 Å². The molecular formula is C22H21N5O. The Balaban J connectivity index is 1.59. The zero-order chi connectivity index (χ0) is 19.5. The normalized spacial score (nSPS) is 10.8. The van der Waals surface area contributed by atoms with Crippen LogP contribution in [-0.4, -0.2) is 20.6 Å². The van der Waals surface area contributed by atoms with Gasteiger partial charge in [0.1, 0.15) is 11.3 Å². The van der Waals surface area contributed by atoms with Crippen molar-refractivity contribution in [3.05, 3.63) is 83.8 Å². The van der Waals surface area contributed by atoms with Gasteiger partial charge in [-0.1, -0.05) is 48.5 Å². The summed E-state index contributed by atoms with van der Waals surface area (Å²) in [6.45, 7) is 4.55. The second kappa shape index (κ2) is 7.52. The van der Waals surface area contributed by atoms with Gasteiger partial charge in [-0.15, -0.1) is 0 Å². The van der Waals surface area contributed by atoms with Crippen molar-refractivity contribution in [3.63, 3.8) is 0 Å². The first-order valence-electron chi connectivity index (χ1n) is 9.11. The lowest BCUT2D eigenvalue weighted by atomic mass is 10.2. The Morgan fingerprint density at radius 3 is 2.32 bits per heavy atom. The number of hydrogen-bond donors (Lipinski definition) is 2. The van der Waals surface area contributed by atoms with Crippen LogP contribution >= 0.6 is 0 Å². The highest BCUT2D eigenvalue weighted by atomic mass is 16.2. The molecule has 4 rings (SSSR count). The van der Waals surface area contributed by atoms with Crippen molar-refractivity contribution in [3.8, 4) is 0 Å². The van der Waals surface area contributed by atoms with E-state index in [1.165, 1.54) is 5.56 Å². The fourth-order valence-corrected chi connectivity index (χ4v) is 3.14. The SMILES string of the molecule is Cc1nc2c(cc1NC(=O)Nc1ccccc1)nc(C)n2Cc1ccccc1. The van der Waals surface area contributed by atoms with Gasteiger partial charge in [-0.2, -0.15) is 0 Å². The van der Waals surface area contributed by atoms with E-state index in [1.54, 1.807) is 0 Å². The van der Waals surface area contributed by atoms with E-state index in [0.29, 0.717) is 12.2 Å². The van der Waals surface area contributed by atoms with E-state index in [-0.39, 0.29) is 6.03 Å². The summed E-state index contributed by atoms with van der Waals surface area (Å²) in [6, 6.07) is 21.1. The number of pyridine rings is 1. The minimum Gasteiger partial charge on any atom is -0.308 e. The number of para-hydroxylation sites is 1. The number of carbonyl (C=O) groups is 1. The molecule has 0 fully saturated rings. The summed E-state index contributed by atoms with van der Waals surface area (Å²) >= 11 is 0. The van der Waals surface area contributed by atoms with Gasteiger partial charge in [-0.25, -0.2) is 14.8 Å². The van der Waals surface area contributed by atoms with Crippen LogP contribution in [0.1, 0.15) is 17.1 Å². The molecule has 2 aromatic carbocycles. The molecule has 0 aliphatic carbocycles. The third-order valence-electron chi connectivity index (χ3n) is 4.57. The monoisotopic (exact) mass is 371 g/mol. The number of aromatic nitrogens is 3. The molecule has 0 aliphatic rings. The number of fused-ring (bicyclic) bond motifs is 1. The largest absolute Gasteiger partial charge is 0.323 e. The molecule has 0 aliphatic heterocycles. The Kier molecular flexibility index (Phi) is 4.76. The van der Waals surface area contributed by atoms with Crippen molar-refractivity contribution in [2.45, 2.75) is 20.4 Å². The fraction of sp³-hybridized carbons (Fsp3) is 0.136. The quantitative estimate of drug-likeness (QED) is 0.544. The molecule has 2 amide bonds. The first-order valence-corrected chi connectivity index (χ1v) is 9.11. The summed E-state index contributed by atoms with van der Waals surface area (Å²) in [5.41, 5.74) is 4.88. The number of benzene rings is 2. The van der Waals surface area contributed by atoms with Crippen molar-refractivity contribution in [2.24, 2.45) is 0 Å². The molecule has 0 bridgehead atoms. The topological polar surface area (TPSA) is 71.8 Å². The van der Waals surface area contributed by atoms with Gasteiger partial charge in [-0.3, -0.25) is 0 Å². The van der Waals surface area contributed by atoms with E-state index >= 15 is 0 Å². The van der Waals surface area contributed by atoms with Crippen LogP contribution in [0.2, 0.25) is 0 Å². The number of imidazole rings is 1. The Morgan fingerprint density at radius 1 is 0.929 bits per heavy atom. The van der Waals surface area contributed by atoms with Gasteiger partial charge in [0.05, 0.1) is 17.9 Å². The maximum Gasteiger partial charge on any atom is 0.323 e. The van der Waals surface area contributed by atoms with E-state index in [1.807, 2.05) is 68.4 Å². The predicted molar refractivity (Wildman–Crippen MR) is 112 cm³/mol. The lowest BCUT2D eigenvalue weighted by Crippen LogP contribution is -2.20. The molecule has 0 radical (unpaired) electrons. The van der Waals surface area contributed by atoms with Gasteiger partial charge < -0.3 is 15.2 Å². The molecule has 0 atom stereocenters. The molecule has 4 aromatic rings. The van der Waals surface area contributed by atoms with Gasteiger partial charge in [0, 0.05) is 5.69 Å². The van der Waals surface area contributed by atoms with Crippen LogP contribution in [0.3, 0.4) is 0 Å². The second-order valence-electron chi connectivity index (χ2n) is 6.64. The van der Waals surface area contributed by atoms with E-state index < -0.39 is 0 Å². The molecule has 2 aromatic heterocycles. The summed E-state index contributed by atoms with van der Waals surface area (Å²) in [6.07, 6.45) is 0. The number of aryl methyl sites for hydroxylation is 2. The summed E-state index contributed by atoms with van der Waals surface area (Å²) < 4.78 is 2.09. The number of rotatable bonds is 4. The van der Waals surface area contributed by atoms with Crippen LogP contribution in [0.25, 0.3) is 11.2 Å². The average molecular weight is 371 g/mol. The zero-order valence-electron chi connectivity index (χ0n) is 15.8. The minimum atomic E-state index is -0.309. The van der Waals surface area contributed by atoms with Crippen molar-refractivity contribution in [2.75, 3.05) is 10.6 Å². The Morgan fingerprint density at radius 2 is 1.61 bits per heavy atom. The molecule has 140 valence electrons. The fourth-order valence-electron chi connectivity index (χ4n) is 3.14. The van der Waals surface area contributed by atoms with Crippen LogP contribution in [0, 0.1) is 13.8 Å². The number of nitrogens with zero attached hydrogens (tertiary/aromatic N) is 3. The molecule has 0 spiro atoms. The van der Waals surface area contributed by atoms with Crippen molar-refractivity contribution < 1.29 is 4.79 Å². The molecular weight excluding hydrogens is 350 g/mol. The molecule has 6 heteroatoms. The highest BCUT2D eigenvalue weighted by molar-refractivity contribution is 6.00. The smallest absolute Gasteiger partial charge is 0.308 e. The predicted octanol–water partition coefficient (Wildman–Crippen LogP) is 4.74. The van der Waals surface area contributed by atoms with E-state index in [2.05, 4.69) is 32.3 Å². The lowest BCUT2D eigenvalue weighted by Gasteiger charge is -2.11. The molecule has 0 unspecified atom stereocenters. The lowest BCUT2D eigenvalue weighted by molar-refractivity contribution is 0.262. The van der Waals surface area contributed by atoms with E-state index in [4.69, 9.17) is 4.98 Å². The number of hydrogen-bond acceptors (Lipinski definition) is 3. The van der Waals surface area contributed by atoms with Crippen LogP contribution in [-0.2, 0) is 6.54 Å². The third kappa shape index (κ3) is 3.71. The van der Waals surface area contributed by atoms with Crippen LogP contribution in [0.5, 0.6) is 0 Å². The molecule has 6 nitrogen and oxygen atoms in total. The Bertz CT molecular complexity index is 1120. The molecule has 28 heavy (non-hydrogen) atoms. The summed E-state index contributed by atoms with van der Waals surface area (Å²) in [5, 5.41) is 5.68. The molecule has 2 heterocycles. The summed E-state index contributed by atoms with van der Waals surface area (Å²) in [7, 11) is 0. The van der Waals surface area contributed by atoms with E-state index in [9.17, 15) is 4.79 Å². The summed E-state index contributed by atoms with van der Waals surface area (Å²) in [5.74, 6) is 0.886. The van der Waals surface area contributed by atoms with Gasteiger partial charge in [-0.05, 0) is 37.6 Å². The number of amides is 2. The molecule has 2 N–H and O–H groups in total. The maximum absolute atomic E-state index is 12.3. The van der Waals surface area contributed by atoms with E-state index in [0.717, 1.165) is 28.4 Å². The van der Waals surface area contributed by atoms with Crippen LogP contribution in [0.4, 0.5) is 16.2 Å². The minimum absolute atomic E-state index is 0.309. The maximum atomic E-state index is 12.3. The Hall–Kier alpha value is -3.67. The summed E-state index contributed by atoms with van der Waals surface area (Å²) in [4.78, 5) is 21.6. The first-order chi connectivity index (χ1) is 13.6. The first kappa shape index (κ1) is 17.7. The molecule has 0 saturated heterocycles. The van der Waals surface area contributed by atoms with Crippen molar-refractivity contribution in [1.29, 1.82) is 0 Å². The molecule has 0 saturated carbocycles. The zero-order valence-corrected chi connectivity index (χ0v) is 15.8. The van der Waals surface area contributed by atoms with Crippen molar-refractivity contribution >= 4 is 28.6 Å². The van der Waals surface area contributed by atoms with Gasteiger partial charge >= 0.3 is 6.03 Å². The van der Waals surface area contributed by atoms with Crippen molar-refractivity contribution in [1.82, 2.24) is 14.5 Å². The number of urea groups is 1. The van der Waals surface area contributed by atoms with Crippen LogP contribution < -0.4 is 10.6 Å². The number of nitrogens with one attached hydrogen (secondary N) is 2. The standard InChI is InChI=1S/C22H21N5O/c1-15-19(26-22(28)25-18-11-7-4-8-12-18)13-20-21(23-15)27(16(2)24-20)14-17-9-5-3-6-10-17/h3-13H,14H2,1-2H3,(H2,25,26,28). The van der Waals surface area contributed by atoms with Gasteiger partial charge in [0.25, 0.3) is 0 Å². The van der Waals surface area contributed by atoms with Crippen LogP contribution in [0.15, 0.2) is 66.7 Å². The third-order valence-corrected chi connectivity index (χ3v) is 4.57. The Labute approximate surface area is 163 Å².